The van der Waals surface area contributed by atoms with Crippen LogP contribution in [0.15, 0.2) is 29.1 Å². The minimum atomic E-state index is -0.363. The predicted octanol–water partition coefficient (Wildman–Crippen LogP) is 2.93. The fraction of sp³-hybridized carbons (Fsp3) is 0.500. The van der Waals surface area contributed by atoms with Gasteiger partial charge < -0.3 is 19.9 Å². The number of ether oxygens (including phenoxy) is 1. The van der Waals surface area contributed by atoms with Crippen molar-refractivity contribution >= 4 is 17.0 Å². The third-order valence-corrected chi connectivity index (χ3v) is 5.03. The quantitative estimate of drug-likeness (QED) is 0.828. The van der Waals surface area contributed by atoms with E-state index in [0.29, 0.717) is 17.5 Å². The van der Waals surface area contributed by atoms with Crippen molar-refractivity contribution in [1.29, 1.82) is 5.26 Å². The number of nitrogens with one attached hydrogen (secondary N) is 2. The molecule has 0 spiro atoms. The first kappa shape index (κ1) is 20.9. The molecule has 2 N–H and O–H groups in total. The first-order valence-corrected chi connectivity index (χ1v) is 10.0. The van der Waals surface area contributed by atoms with Gasteiger partial charge in [-0.2, -0.15) is 5.26 Å². The number of carbonyl (C=O) groups is 1. The smallest absolute Gasteiger partial charge is 0.407 e. The average molecular weight is 396 g/mol. The number of rotatable bonds is 4. The van der Waals surface area contributed by atoms with Gasteiger partial charge in [0.05, 0.1) is 11.6 Å². The molecule has 0 saturated carbocycles. The number of fused-ring (bicyclic) bond motifs is 1. The second-order valence-corrected chi connectivity index (χ2v) is 8.61. The van der Waals surface area contributed by atoms with Crippen molar-refractivity contribution in [2.24, 2.45) is 0 Å². The number of nitrogens with zero attached hydrogens (tertiary/aromatic N) is 2. The number of likely N-dealkylation sites (tertiary alicyclic amines) is 1. The Kier molecular flexibility index (Phi) is 6.23. The maximum atomic E-state index is 12.4. The molecule has 29 heavy (non-hydrogen) atoms. The SMILES string of the molecule is CC(C)(C)NC(=O)OC1CCN(CCc2cc3ccc(C#N)cc3[nH]c2=O)CC1. The van der Waals surface area contributed by atoms with Crippen LogP contribution in [0, 0.1) is 11.3 Å². The number of benzene rings is 1. The number of piperidine rings is 1. The van der Waals surface area contributed by atoms with Crippen LogP contribution < -0.4 is 10.9 Å². The Labute approximate surface area is 170 Å². The van der Waals surface area contributed by atoms with Gasteiger partial charge in [-0.25, -0.2) is 4.79 Å². The lowest BCUT2D eigenvalue weighted by Crippen LogP contribution is -2.44. The van der Waals surface area contributed by atoms with E-state index in [1.54, 1.807) is 12.1 Å². The van der Waals surface area contributed by atoms with Crippen molar-refractivity contribution < 1.29 is 9.53 Å². The Hall–Kier alpha value is -2.85. The van der Waals surface area contributed by atoms with Crippen molar-refractivity contribution in [3.8, 4) is 6.07 Å². The summed E-state index contributed by atoms with van der Waals surface area (Å²) in [4.78, 5) is 29.4. The van der Waals surface area contributed by atoms with Crippen LogP contribution in [-0.4, -0.2) is 47.3 Å². The molecule has 1 aromatic carbocycles. The van der Waals surface area contributed by atoms with E-state index < -0.39 is 0 Å². The number of amides is 1. The normalized spacial score (nSPS) is 15.8. The van der Waals surface area contributed by atoms with Crippen LogP contribution in [0.4, 0.5) is 4.79 Å². The zero-order chi connectivity index (χ0) is 21.0. The molecule has 3 rings (SSSR count). The summed E-state index contributed by atoms with van der Waals surface area (Å²) >= 11 is 0. The van der Waals surface area contributed by atoms with Crippen LogP contribution in [-0.2, 0) is 11.2 Å². The number of aromatic amines is 1. The van der Waals surface area contributed by atoms with Crippen LogP contribution in [0.25, 0.3) is 10.9 Å². The first-order chi connectivity index (χ1) is 13.7. The van der Waals surface area contributed by atoms with Gasteiger partial charge in [0.1, 0.15) is 6.10 Å². The molecule has 154 valence electrons. The Bertz CT molecular complexity index is 976. The zero-order valence-corrected chi connectivity index (χ0v) is 17.2. The highest BCUT2D eigenvalue weighted by atomic mass is 16.6. The van der Waals surface area contributed by atoms with E-state index >= 15 is 0 Å². The van der Waals surface area contributed by atoms with E-state index in [1.807, 2.05) is 32.9 Å². The number of aromatic nitrogens is 1. The molecule has 0 aliphatic carbocycles. The highest BCUT2D eigenvalue weighted by Gasteiger charge is 2.24. The van der Waals surface area contributed by atoms with E-state index in [0.717, 1.165) is 43.4 Å². The standard InChI is InChI=1S/C22H28N4O3/c1-22(2,3)25-21(28)29-18-7-10-26(11-8-18)9-6-17-13-16-5-4-15(14-23)12-19(16)24-20(17)27/h4-5,12-13,18H,6-11H2,1-3H3,(H,24,27)(H,25,28). The molecule has 1 saturated heterocycles. The Balaban J connectivity index is 1.52. The van der Waals surface area contributed by atoms with Gasteiger partial charge in [-0.15, -0.1) is 0 Å². The predicted molar refractivity (Wildman–Crippen MR) is 112 cm³/mol. The molecule has 0 bridgehead atoms. The van der Waals surface area contributed by atoms with Gasteiger partial charge in [-0.05, 0) is 63.6 Å². The summed E-state index contributed by atoms with van der Waals surface area (Å²) in [6.45, 7) is 8.23. The van der Waals surface area contributed by atoms with Crippen molar-refractivity contribution in [2.45, 2.75) is 51.7 Å². The van der Waals surface area contributed by atoms with E-state index in [2.05, 4.69) is 21.3 Å². The fourth-order valence-corrected chi connectivity index (χ4v) is 3.52. The highest BCUT2D eigenvalue weighted by molar-refractivity contribution is 5.80. The van der Waals surface area contributed by atoms with Crippen molar-refractivity contribution in [2.75, 3.05) is 19.6 Å². The summed E-state index contributed by atoms with van der Waals surface area (Å²) < 4.78 is 5.51. The molecule has 2 heterocycles. The lowest BCUT2D eigenvalue weighted by molar-refractivity contribution is 0.0475. The van der Waals surface area contributed by atoms with E-state index in [-0.39, 0.29) is 23.3 Å². The fourth-order valence-electron chi connectivity index (χ4n) is 3.52. The largest absolute Gasteiger partial charge is 0.446 e. The second kappa shape index (κ2) is 8.66. The molecule has 1 aromatic heterocycles. The molecule has 0 unspecified atom stereocenters. The van der Waals surface area contributed by atoms with E-state index in [1.165, 1.54) is 0 Å². The number of carbonyl (C=O) groups excluding carboxylic acids is 1. The van der Waals surface area contributed by atoms with Crippen LogP contribution in [0.1, 0.15) is 44.7 Å². The van der Waals surface area contributed by atoms with Gasteiger partial charge in [-0.1, -0.05) is 6.07 Å². The molecule has 2 aromatic rings. The van der Waals surface area contributed by atoms with Crippen molar-refractivity contribution in [3.63, 3.8) is 0 Å². The third kappa shape index (κ3) is 5.81. The number of hydrogen-bond donors (Lipinski definition) is 2. The van der Waals surface area contributed by atoms with Gasteiger partial charge in [0.15, 0.2) is 0 Å². The van der Waals surface area contributed by atoms with Crippen LogP contribution >= 0.6 is 0 Å². The second-order valence-electron chi connectivity index (χ2n) is 8.61. The lowest BCUT2D eigenvalue weighted by atomic mass is 10.1. The molecule has 1 amide bonds. The van der Waals surface area contributed by atoms with Gasteiger partial charge in [0.25, 0.3) is 5.56 Å². The maximum absolute atomic E-state index is 12.4. The average Bonchev–Trinajstić information content (AvgIpc) is 2.65. The first-order valence-electron chi connectivity index (χ1n) is 10.0. The molecule has 1 aliphatic rings. The topological polar surface area (TPSA) is 98.2 Å². The van der Waals surface area contributed by atoms with E-state index in [9.17, 15) is 9.59 Å². The lowest BCUT2D eigenvalue weighted by Gasteiger charge is -2.32. The van der Waals surface area contributed by atoms with Gasteiger partial charge in [0.2, 0.25) is 0 Å². The number of H-pyrrole nitrogens is 1. The minimum absolute atomic E-state index is 0.0630. The van der Waals surface area contributed by atoms with E-state index in [4.69, 9.17) is 10.00 Å². The van der Waals surface area contributed by atoms with Crippen LogP contribution in [0.5, 0.6) is 0 Å². The summed E-state index contributed by atoms with van der Waals surface area (Å²) in [5, 5.41) is 12.7. The summed E-state index contributed by atoms with van der Waals surface area (Å²) in [7, 11) is 0. The molecule has 1 fully saturated rings. The maximum Gasteiger partial charge on any atom is 0.407 e. The zero-order valence-electron chi connectivity index (χ0n) is 17.2. The molecular weight excluding hydrogens is 368 g/mol. The van der Waals surface area contributed by atoms with Crippen LogP contribution in [0.2, 0.25) is 0 Å². The van der Waals surface area contributed by atoms with Gasteiger partial charge in [0, 0.05) is 36.3 Å². The molecule has 0 atom stereocenters. The Morgan fingerprint density at radius 1 is 1.31 bits per heavy atom. The molecule has 0 radical (unpaired) electrons. The molecular formula is C22H28N4O3. The molecule has 7 heteroatoms. The Morgan fingerprint density at radius 2 is 2.03 bits per heavy atom. The summed E-state index contributed by atoms with van der Waals surface area (Å²) in [5.41, 5.74) is 1.54. The molecule has 7 nitrogen and oxygen atoms in total. The molecule has 1 aliphatic heterocycles. The number of hydrogen-bond acceptors (Lipinski definition) is 5. The monoisotopic (exact) mass is 396 g/mol. The number of nitriles is 1. The van der Waals surface area contributed by atoms with Gasteiger partial charge in [-0.3, -0.25) is 4.79 Å². The number of pyridine rings is 1. The van der Waals surface area contributed by atoms with Crippen molar-refractivity contribution in [3.05, 3.63) is 45.7 Å². The number of alkyl carbamates (subject to hydrolysis) is 1. The Morgan fingerprint density at radius 3 is 2.69 bits per heavy atom. The third-order valence-electron chi connectivity index (χ3n) is 5.03. The highest BCUT2D eigenvalue weighted by Crippen LogP contribution is 2.16. The van der Waals surface area contributed by atoms with Crippen LogP contribution in [0.3, 0.4) is 0 Å². The van der Waals surface area contributed by atoms with Crippen molar-refractivity contribution in [1.82, 2.24) is 15.2 Å². The summed E-state index contributed by atoms with van der Waals surface area (Å²) in [5.74, 6) is 0. The van der Waals surface area contributed by atoms with Gasteiger partial charge >= 0.3 is 6.09 Å². The summed E-state index contributed by atoms with van der Waals surface area (Å²) in [6.07, 6.45) is 1.82. The minimum Gasteiger partial charge on any atom is -0.446 e. The summed E-state index contributed by atoms with van der Waals surface area (Å²) in [6, 6.07) is 9.30.